The Morgan fingerprint density at radius 2 is 1.57 bits per heavy atom. The van der Waals surface area contributed by atoms with E-state index in [1.54, 1.807) is 0 Å². The van der Waals surface area contributed by atoms with Crippen LogP contribution in [0.5, 0.6) is 0 Å². The van der Waals surface area contributed by atoms with Crippen LogP contribution in [0.25, 0.3) is 0 Å². The fourth-order valence-electron chi connectivity index (χ4n) is 4.78. The molecule has 202 valence electrons. The summed E-state index contributed by atoms with van der Waals surface area (Å²) >= 11 is 0. The largest absolute Gasteiger partial charge is 0.416 e. The summed E-state index contributed by atoms with van der Waals surface area (Å²) < 4.78 is 104. The summed E-state index contributed by atoms with van der Waals surface area (Å²) in [7, 11) is 0. The van der Waals surface area contributed by atoms with Gasteiger partial charge in [0.1, 0.15) is 11.4 Å². The van der Waals surface area contributed by atoms with Crippen molar-refractivity contribution in [2.45, 2.75) is 43.4 Å². The summed E-state index contributed by atoms with van der Waals surface area (Å²) in [6.07, 6.45) is -8.57. The fourth-order valence-corrected chi connectivity index (χ4v) is 4.78. The molecule has 0 aliphatic carbocycles. The molecule has 2 aromatic carbocycles. The van der Waals surface area contributed by atoms with Crippen LogP contribution in [0.1, 0.15) is 35.1 Å². The Labute approximate surface area is 208 Å². The van der Waals surface area contributed by atoms with Crippen LogP contribution in [-0.2, 0) is 38.8 Å². The van der Waals surface area contributed by atoms with E-state index in [4.69, 9.17) is 9.47 Å². The van der Waals surface area contributed by atoms with Crippen LogP contribution in [0, 0.1) is 5.82 Å². The van der Waals surface area contributed by atoms with Gasteiger partial charge in [-0.25, -0.2) is 4.39 Å². The van der Waals surface area contributed by atoms with Crippen molar-refractivity contribution in [1.82, 2.24) is 10.2 Å². The van der Waals surface area contributed by atoms with E-state index in [0.29, 0.717) is 43.8 Å². The van der Waals surface area contributed by atoms with Gasteiger partial charge in [-0.2, -0.15) is 26.3 Å². The van der Waals surface area contributed by atoms with Crippen LogP contribution in [0.15, 0.2) is 42.5 Å². The number of piperazine rings is 1. The van der Waals surface area contributed by atoms with Gasteiger partial charge in [-0.3, -0.25) is 9.69 Å². The molecule has 1 amide bonds. The summed E-state index contributed by atoms with van der Waals surface area (Å²) in [6.45, 7) is 0.590. The molecule has 1 atom stereocenters. The zero-order chi connectivity index (χ0) is 26.8. The number of rotatable bonds is 6. The van der Waals surface area contributed by atoms with Gasteiger partial charge in [-0.1, -0.05) is 12.1 Å². The van der Waals surface area contributed by atoms with E-state index in [1.807, 2.05) is 4.90 Å². The number of ether oxygens (including phenoxy) is 2. The number of carbonyl (C=O) groups is 1. The number of halogens is 7. The highest BCUT2D eigenvalue weighted by atomic mass is 19.4. The van der Waals surface area contributed by atoms with Gasteiger partial charge < -0.3 is 14.8 Å². The highest BCUT2D eigenvalue weighted by Crippen LogP contribution is 2.37. The van der Waals surface area contributed by atoms with Gasteiger partial charge in [0.15, 0.2) is 0 Å². The maximum Gasteiger partial charge on any atom is 0.416 e. The van der Waals surface area contributed by atoms with Gasteiger partial charge >= 0.3 is 12.4 Å². The molecule has 2 aromatic rings. The van der Waals surface area contributed by atoms with Crippen LogP contribution < -0.4 is 5.32 Å². The molecule has 2 aliphatic heterocycles. The first kappa shape index (κ1) is 27.3. The average Bonchev–Trinajstić information content (AvgIpc) is 2.83. The van der Waals surface area contributed by atoms with Gasteiger partial charge in [0, 0.05) is 25.8 Å². The Kier molecular flexibility index (Phi) is 7.82. The van der Waals surface area contributed by atoms with E-state index in [0.717, 1.165) is 0 Å². The number of carbonyl (C=O) groups excluding carboxylic acids is 1. The lowest BCUT2D eigenvalue weighted by Gasteiger charge is -2.46. The Bertz CT molecular complexity index is 1070. The molecule has 4 rings (SSSR count). The van der Waals surface area contributed by atoms with E-state index < -0.39 is 41.4 Å². The molecule has 0 saturated carbocycles. The van der Waals surface area contributed by atoms with Crippen molar-refractivity contribution in [3.63, 3.8) is 0 Å². The minimum Gasteiger partial charge on any atom is -0.381 e. The lowest BCUT2D eigenvalue weighted by molar-refractivity contribution is -0.143. The molecule has 0 radical (unpaired) electrons. The molecule has 2 saturated heterocycles. The van der Waals surface area contributed by atoms with Gasteiger partial charge in [-0.15, -0.1) is 0 Å². The van der Waals surface area contributed by atoms with Crippen molar-refractivity contribution in [2.75, 3.05) is 32.9 Å². The molecule has 5 nitrogen and oxygen atoms in total. The third-order valence-electron chi connectivity index (χ3n) is 6.57. The molecule has 2 aliphatic rings. The van der Waals surface area contributed by atoms with E-state index >= 15 is 0 Å². The molecule has 12 heteroatoms. The molecule has 0 aromatic heterocycles. The number of nitrogens with one attached hydrogen (secondary N) is 1. The zero-order valence-electron chi connectivity index (χ0n) is 19.6. The molecule has 1 unspecified atom stereocenters. The Morgan fingerprint density at radius 3 is 2.14 bits per heavy atom. The van der Waals surface area contributed by atoms with Crippen molar-refractivity contribution >= 4 is 5.91 Å². The number of amides is 1. The van der Waals surface area contributed by atoms with Crippen molar-refractivity contribution in [2.24, 2.45) is 0 Å². The summed E-state index contributed by atoms with van der Waals surface area (Å²) in [5, 5.41) is 2.87. The first-order valence-electron chi connectivity index (χ1n) is 11.6. The summed E-state index contributed by atoms with van der Waals surface area (Å²) in [6, 6.07) is 6.66. The Morgan fingerprint density at radius 1 is 0.973 bits per heavy atom. The monoisotopic (exact) mass is 534 g/mol. The maximum atomic E-state index is 13.6. The molecular weight excluding hydrogens is 509 g/mol. The van der Waals surface area contributed by atoms with E-state index in [9.17, 15) is 35.5 Å². The predicted octanol–water partition coefficient (Wildman–Crippen LogP) is 4.89. The second-order valence-corrected chi connectivity index (χ2v) is 9.29. The number of hydrogen-bond acceptors (Lipinski definition) is 4. The fraction of sp³-hybridized carbons (Fsp3) is 0.480. The van der Waals surface area contributed by atoms with Crippen LogP contribution in [0.2, 0.25) is 0 Å². The highest BCUT2D eigenvalue weighted by molar-refractivity contribution is 5.80. The smallest absolute Gasteiger partial charge is 0.381 e. The highest BCUT2D eigenvalue weighted by Gasteiger charge is 2.43. The van der Waals surface area contributed by atoms with Gasteiger partial charge in [0.2, 0.25) is 5.91 Å². The quantitative estimate of drug-likeness (QED) is 0.537. The van der Waals surface area contributed by atoms with Crippen molar-refractivity contribution < 1.29 is 45.0 Å². The van der Waals surface area contributed by atoms with Gasteiger partial charge in [-0.05, 0) is 54.3 Å². The van der Waals surface area contributed by atoms with Crippen molar-refractivity contribution in [3.8, 4) is 0 Å². The lowest BCUT2D eigenvalue weighted by Crippen LogP contribution is -2.65. The standard InChI is InChI=1S/C25H25F7N2O3/c26-20-3-1-17(2-4-20)23(14-34(12-22(35)33-23)21-5-7-36-8-6-21)15-37-13-16-9-18(24(27,28)29)11-19(10-16)25(30,31)32/h1-4,9-11,21H,5-8,12-15H2,(H,33,35). The van der Waals surface area contributed by atoms with E-state index in [2.05, 4.69) is 5.32 Å². The van der Waals surface area contributed by atoms with E-state index in [1.165, 1.54) is 24.3 Å². The van der Waals surface area contributed by atoms with Gasteiger partial charge in [0.25, 0.3) is 0 Å². The third-order valence-corrected chi connectivity index (χ3v) is 6.57. The molecule has 2 heterocycles. The van der Waals surface area contributed by atoms with E-state index in [-0.39, 0.29) is 43.3 Å². The first-order valence-corrected chi connectivity index (χ1v) is 11.6. The lowest BCUT2D eigenvalue weighted by atomic mass is 9.86. The van der Waals surface area contributed by atoms with Crippen molar-refractivity contribution in [3.05, 3.63) is 70.5 Å². The second-order valence-electron chi connectivity index (χ2n) is 9.29. The first-order chi connectivity index (χ1) is 17.4. The normalized spacial score (nSPS) is 22.2. The second kappa shape index (κ2) is 10.6. The van der Waals surface area contributed by atoms with Gasteiger partial charge in [0.05, 0.1) is 30.9 Å². The number of alkyl halides is 6. The zero-order valence-corrected chi connectivity index (χ0v) is 19.6. The predicted molar refractivity (Wildman–Crippen MR) is 118 cm³/mol. The van der Waals surface area contributed by atoms with Crippen LogP contribution in [-0.4, -0.2) is 49.8 Å². The van der Waals surface area contributed by atoms with Crippen molar-refractivity contribution in [1.29, 1.82) is 0 Å². The maximum absolute atomic E-state index is 13.6. The van der Waals surface area contributed by atoms with Crippen LogP contribution in [0.4, 0.5) is 30.7 Å². The minimum atomic E-state index is -4.98. The summed E-state index contributed by atoms with van der Waals surface area (Å²) in [5.74, 6) is -0.837. The molecule has 0 bridgehead atoms. The molecular formula is C25H25F7N2O3. The average molecular weight is 534 g/mol. The minimum absolute atomic E-state index is 0.0393. The van der Waals surface area contributed by atoms with Crippen LogP contribution >= 0.6 is 0 Å². The SMILES string of the molecule is O=C1CN(C2CCOCC2)CC(COCc2cc(C(F)(F)F)cc(C(F)(F)F)c2)(c2ccc(F)cc2)N1. The molecule has 37 heavy (non-hydrogen) atoms. The van der Waals surface area contributed by atoms with Crippen LogP contribution in [0.3, 0.4) is 0 Å². The Hall–Kier alpha value is -2.70. The molecule has 2 fully saturated rings. The number of hydrogen-bond donors (Lipinski definition) is 1. The number of benzene rings is 2. The molecule has 0 spiro atoms. The third kappa shape index (κ3) is 6.60. The summed E-state index contributed by atoms with van der Waals surface area (Å²) in [5.41, 5.74) is -3.90. The summed E-state index contributed by atoms with van der Waals surface area (Å²) in [4.78, 5) is 14.7. The molecule has 1 N–H and O–H groups in total. The topological polar surface area (TPSA) is 50.8 Å². The number of nitrogens with zero attached hydrogens (tertiary/aromatic N) is 1. The Balaban J connectivity index is 1.60.